The molecular formula is C23H25BrN2O5. The quantitative estimate of drug-likeness (QED) is 0.416. The van der Waals surface area contributed by atoms with Gasteiger partial charge in [-0.15, -0.1) is 0 Å². The van der Waals surface area contributed by atoms with E-state index in [2.05, 4.69) is 26.6 Å². The molecule has 2 amide bonds. The number of amides is 2. The second kappa shape index (κ2) is 11.9. The van der Waals surface area contributed by atoms with Gasteiger partial charge < -0.3 is 20.1 Å². The van der Waals surface area contributed by atoms with Crippen LogP contribution in [0.3, 0.4) is 0 Å². The normalized spacial score (nSPS) is 12.6. The summed E-state index contributed by atoms with van der Waals surface area (Å²) in [5.74, 6) is -0.561. The highest BCUT2D eigenvalue weighted by molar-refractivity contribution is 9.10. The number of hydrogen-bond donors (Lipinski definition) is 2. The van der Waals surface area contributed by atoms with Crippen molar-refractivity contribution in [2.75, 3.05) is 14.2 Å². The van der Waals surface area contributed by atoms with Gasteiger partial charge in [-0.25, -0.2) is 0 Å². The Labute approximate surface area is 189 Å². The summed E-state index contributed by atoms with van der Waals surface area (Å²) in [5, 5.41) is 5.42. The van der Waals surface area contributed by atoms with E-state index < -0.39 is 29.9 Å². The van der Waals surface area contributed by atoms with Gasteiger partial charge in [0.2, 0.25) is 11.8 Å². The Balaban J connectivity index is 1.99. The topological polar surface area (TPSA) is 93.7 Å². The minimum Gasteiger partial charge on any atom is -0.497 e. The summed E-state index contributed by atoms with van der Waals surface area (Å²) in [6, 6.07) is 13.1. The molecule has 31 heavy (non-hydrogen) atoms. The molecule has 7 nitrogen and oxygen atoms in total. The molecule has 0 aliphatic carbocycles. The van der Waals surface area contributed by atoms with Crippen molar-refractivity contribution >= 4 is 39.8 Å². The third-order valence-corrected chi connectivity index (χ3v) is 4.95. The SMILES string of the molecule is COC(=O)CC(NC(=O)C(C)NC(=O)C=Cc1ccc(OC)cc1)c1cccc(Br)c1. The molecule has 0 aromatic heterocycles. The van der Waals surface area contributed by atoms with E-state index in [-0.39, 0.29) is 6.42 Å². The van der Waals surface area contributed by atoms with Gasteiger partial charge in [0.1, 0.15) is 11.8 Å². The van der Waals surface area contributed by atoms with Gasteiger partial charge in [0.05, 0.1) is 26.7 Å². The predicted octanol–water partition coefficient (Wildman–Crippen LogP) is 3.40. The summed E-state index contributed by atoms with van der Waals surface area (Å²) in [7, 11) is 2.87. The summed E-state index contributed by atoms with van der Waals surface area (Å²) in [5.41, 5.74) is 1.56. The van der Waals surface area contributed by atoms with Crippen molar-refractivity contribution in [3.05, 3.63) is 70.2 Å². The van der Waals surface area contributed by atoms with Gasteiger partial charge in [-0.1, -0.05) is 40.2 Å². The standard InChI is InChI=1S/C23H25BrN2O5/c1-15(25-21(27)12-9-16-7-10-19(30-2)11-8-16)23(29)26-20(14-22(28)31-3)17-5-4-6-18(24)13-17/h4-13,15,20H,14H2,1-3H3,(H,25,27)(H,26,29). The number of rotatable bonds is 9. The molecule has 0 saturated heterocycles. The summed E-state index contributed by atoms with van der Waals surface area (Å²) < 4.78 is 10.7. The number of nitrogens with one attached hydrogen (secondary N) is 2. The van der Waals surface area contributed by atoms with E-state index in [9.17, 15) is 14.4 Å². The maximum absolute atomic E-state index is 12.6. The molecule has 0 spiro atoms. The van der Waals surface area contributed by atoms with Gasteiger partial charge in [0.25, 0.3) is 0 Å². The molecule has 0 fully saturated rings. The molecule has 0 aliphatic rings. The van der Waals surface area contributed by atoms with Crippen LogP contribution in [0.15, 0.2) is 59.1 Å². The molecule has 2 rings (SSSR count). The van der Waals surface area contributed by atoms with Gasteiger partial charge in [-0.2, -0.15) is 0 Å². The lowest BCUT2D eigenvalue weighted by Crippen LogP contribution is -2.45. The highest BCUT2D eigenvalue weighted by atomic mass is 79.9. The van der Waals surface area contributed by atoms with Crippen LogP contribution in [0.1, 0.15) is 30.5 Å². The smallest absolute Gasteiger partial charge is 0.307 e. The van der Waals surface area contributed by atoms with Crippen LogP contribution in [0.5, 0.6) is 5.75 Å². The molecule has 0 saturated carbocycles. The second-order valence-corrected chi connectivity index (χ2v) is 7.65. The van der Waals surface area contributed by atoms with Crippen LogP contribution < -0.4 is 15.4 Å². The summed E-state index contributed by atoms with van der Waals surface area (Å²) >= 11 is 3.39. The van der Waals surface area contributed by atoms with Gasteiger partial charge in [0, 0.05) is 10.5 Å². The Morgan fingerprint density at radius 3 is 2.39 bits per heavy atom. The van der Waals surface area contributed by atoms with Crippen LogP contribution in [0, 0.1) is 0 Å². The lowest BCUT2D eigenvalue weighted by Gasteiger charge is -2.21. The minimum atomic E-state index is -0.805. The van der Waals surface area contributed by atoms with Crippen LogP contribution in [0.2, 0.25) is 0 Å². The molecule has 164 valence electrons. The molecule has 0 heterocycles. The van der Waals surface area contributed by atoms with Crippen molar-refractivity contribution in [3.8, 4) is 5.75 Å². The van der Waals surface area contributed by atoms with Crippen molar-refractivity contribution in [1.82, 2.24) is 10.6 Å². The molecule has 0 aliphatic heterocycles. The predicted molar refractivity (Wildman–Crippen MR) is 121 cm³/mol. The maximum atomic E-state index is 12.6. The lowest BCUT2D eigenvalue weighted by molar-refractivity contribution is -0.141. The van der Waals surface area contributed by atoms with Crippen LogP contribution in [-0.2, 0) is 19.1 Å². The summed E-state index contributed by atoms with van der Waals surface area (Å²) in [4.78, 5) is 36.6. The first-order valence-electron chi connectivity index (χ1n) is 9.57. The number of halogens is 1. The van der Waals surface area contributed by atoms with Gasteiger partial charge in [0.15, 0.2) is 0 Å². The fourth-order valence-electron chi connectivity index (χ4n) is 2.74. The summed E-state index contributed by atoms with van der Waals surface area (Å²) in [6.45, 7) is 1.57. The molecule has 2 aromatic carbocycles. The van der Waals surface area contributed by atoms with E-state index >= 15 is 0 Å². The summed E-state index contributed by atoms with van der Waals surface area (Å²) in [6.07, 6.45) is 2.96. The maximum Gasteiger partial charge on any atom is 0.307 e. The van der Waals surface area contributed by atoms with E-state index in [1.807, 2.05) is 30.3 Å². The fraction of sp³-hybridized carbons (Fsp3) is 0.261. The first-order chi connectivity index (χ1) is 14.8. The Morgan fingerprint density at radius 1 is 1.06 bits per heavy atom. The van der Waals surface area contributed by atoms with E-state index in [0.717, 1.165) is 21.3 Å². The van der Waals surface area contributed by atoms with E-state index in [0.29, 0.717) is 0 Å². The van der Waals surface area contributed by atoms with E-state index in [1.54, 1.807) is 38.3 Å². The Bertz CT molecular complexity index is 943. The molecule has 2 atom stereocenters. The lowest BCUT2D eigenvalue weighted by atomic mass is 10.0. The van der Waals surface area contributed by atoms with Crippen molar-refractivity contribution in [3.63, 3.8) is 0 Å². The van der Waals surface area contributed by atoms with Crippen molar-refractivity contribution in [1.29, 1.82) is 0 Å². The van der Waals surface area contributed by atoms with E-state index in [4.69, 9.17) is 9.47 Å². The molecule has 2 unspecified atom stereocenters. The number of carbonyl (C=O) groups is 3. The molecule has 2 aromatic rings. The average molecular weight is 489 g/mol. The molecule has 0 bridgehead atoms. The third-order valence-electron chi connectivity index (χ3n) is 4.46. The van der Waals surface area contributed by atoms with Crippen molar-refractivity contribution in [2.24, 2.45) is 0 Å². The van der Waals surface area contributed by atoms with Gasteiger partial charge in [-0.3, -0.25) is 14.4 Å². The first kappa shape index (κ1) is 24.1. The monoisotopic (exact) mass is 488 g/mol. The van der Waals surface area contributed by atoms with Crippen LogP contribution in [0.25, 0.3) is 6.08 Å². The number of benzene rings is 2. The molecule has 2 N–H and O–H groups in total. The zero-order valence-electron chi connectivity index (χ0n) is 17.6. The van der Waals surface area contributed by atoms with Crippen molar-refractivity contribution < 1.29 is 23.9 Å². The first-order valence-corrected chi connectivity index (χ1v) is 10.4. The number of methoxy groups -OCH3 is 2. The average Bonchev–Trinajstić information content (AvgIpc) is 2.77. The molecular weight excluding hydrogens is 464 g/mol. The molecule has 0 radical (unpaired) electrons. The number of hydrogen-bond acceptors (Lipinski definition) is 5. The fourth-order valence-corrected chi connectivity index (χ4v) is 3.15. The number of carbonyl (C=O) groups excluding carboxylic acids is 3. The minimum absolute atomic E-state index is 0.0310. The Morgan fingerprint density at radius 2 is 1.77 bits per heavy atom. The van der Waals surface area contributed by atoms with E-state index in [1.165, 1.54) is 13.2 Å². The van der Waals surface area contributed by atoms with Crippen LogP contribution in [0.4, 0.5) is 0 Å². The zero-order valence-corrected chi connectivity index (χ0v) is 19.1. The van der Waals surface area contributed by atoms with Gasteiger partial charge in [-0.05, 0) is 48.4 Å². The Kier molecular flexibility index (Phi) is 9.27. The number of esters is 1. The van der Waals surface area contributed by atoms with Crippen molar-refractivity contribution in [2.45, 2.75) is 25.4 Å². The highest BCUT2D eigenvalue weighted by Crippen LogP contribution is 2.21. The second-order valence-electron chi connectivity index (χ2n) is 6.73. The number of ether oxygens (including phenoxy) is 2. The van der Waals surface area contributed by atoms with Gasteiger partial charge >= 0.3 is 5.97 Å². The third kappa shape index (κ3) is 7.90. The van der Waals surface area contributed by atoms with Crippen LogP contribution in [-0.4, -0.2) is 38.0 Å². The highest BCUT2D eigenvalue weighted by Gasteiger charge is 2.22. The van der Waals surface area contributed by atoms with Crippen LogP contribution >= 0.6 is 15.9 Å². The zero-order chi connectivity index (χ0) is 22.8. The Hall–Kier alpha value is -3.13. The largest absolute Gasteiger partial charge is 0.497 e. The molecule has 8 heteroatoms.